The number of amides is 1. The number of halogens is 2. The van der Waals surface area contributed by atoms with E-state index in [1.807, 2.05) is 55.5 Å². The van der Waals surface area contributed by atoms with Crippen LogP contribution in [0.1, 0.15) is 85.6 Å². The van der Waals surface area contributed by atoms with Gasteiger partial charge in [0, 0.05) is 34.7 Å². The molecular weight excluding hydrogens is 599 g/mol. The van der Waals surface area contributed by atoms with Crippen molar-refractivity contribution >= 4 is 35.0 Å². The summed E-state index contributed by atoms with van der Waals surface area (Å²) in [6.07, 6.45) is 7.20. The minimum absolute atomic E-state index is 0.0420. The third-order valence-corrected chi connectivity index (χ3v) is 9.39. The number of anilines is 1. The highest BCUT2D eigenvalue weighted by molar-refractivity contribution is 6.30. The highest BCUT2D eigenvalue weighted by Gasteiger charge is 2.57. The molecule has 1 unspecified atom stereocenters. The molecule has 4 aromatic rings. The van der Waals surface area contributed by atoms with Gasteiger partial charge in [-0.25, -0.2) is 14.4 Å². The lowest BCUT2D eigenvalue weighted by Crippen LogP contribution is -2.56. The van der Waals surface area contributed by atoms with Gasteiger partial charge in [0.05, 0.1) is 12.8 Å². The van der Waals surface area contributed by atoms with Crippen LogP contribution in [0.25, 0.3) is 11.6 Å². The average molecular weight is 639 g/mol. The number of rotatable bonds is 8. The summed E-state index contributed by atoms with van der Waals surface area (Å²) in [7, 11) is 1.64. The van der Waals surface area contributed by atoms with E-state index in [0.717, 1.165) is 59.4 Å². The van der Waals surface area contributed by atoms with Gasteiger partial charge >= 0.3 is 0 Å². The van der Waals surface area contributed by atoms with Crippen LogP contribution in [0, 0.1) is 12.7 Å². The Morgan fingerprint density at radius 2 is 1.70 bits per heavy atom. The van der Waals surface area contributed by atoms with Crippen LogP contribution in [0.2, 0.25) is 5.02 Å². The first-order chi connectivity index (χ1) is 22.2. The van der Waals surface area contributed by atoms with Gasteiger partial charge in [-0.2, -0.15) is 0 Å². The number of fused-ring (bicyclic) bond motifs is 1. The van der Waals surface area contributed by atoms with E-state index in [-0.39, 0.29) is 23.7 Å². The standard InChI is InChI=1S/C38H40ClFN4O2/c1-24(2)35-41-25(3)34-33(22-26-12-20-32(46-4)21-13-26)38(28-14-18-30(40)19-15-28,37(45)42-31-8-6-5-7-9-31)44(36(34)43-35)23-27-10-16-29(39)17-11-27/h10-22,24,31H,5-9,23H2,1-4H3,(H,42,45)/b33-22+. The first-order valence-corrected chi connectivity index (χ1v) is 16.4. The van der Waals surface area contributed by atoms with Gasteiger partial charge in [0.15, 0.2) is 5.54 Å². The van der Waals surface area contributed by atoms with Gasteiger partial charge in [-0.05, 0) is 78.9 Å². The summed E-state index contributed by atoms with van der Waals surface area (Å²) in [6, 6.07) is 21.8. The molecule has 0 bridgehead atoms. The van der Waals surface area contributed by atoms with Gasteiger partial charge in [-0.3, -0.25) is 4.79 Å². The van der Waals surface area contributed by atoms with Crippen molar-refractivity contribution in [2.75, 3.05) is 12.0 Å². The van der Waals surface area contributed by atoms with Crippen LogP contribution in [-0.2, 0) is 16.9 Å². The molecule has 2 heterocycles. The van der Waals surface area contributed by atoms with Gasteiger partial charge < -0.3 is 15.0 Å². The monoisotopic (exact) mass is 638 g/mol. The van der Waals surface area contributed by atoms with E-state index in [4.69, 9.17) is 26.3 Å². The van der Waals surface area contributed by atoms with Crippen LogP contribution in [0.4, 0.5) is 10.2 Å². The fourth-order valence-corrected chi connectivity index (χ4v) is 6.88. The lowest BCUT2D eigenvalue weighted by atomic mass is 9.78. The number of hydrogen-bond donors (Lipinski definition) is 1. The van der Waals surface area contributed by atoms with Gasteiger partial charge in [0.25, 0.3) is 5.91 Å². The van der Waals surface area contributed by atoms with E-state index in [1.54, 1.807) is 19.2 Å². The molecule has 238 valence electrons. The largest absolute Gasteiger partial charge is 0.497 e. The number of aromatic nitrogens is 2. The second-order valence-electron chi connectivity index (χ2n) is 12.6. The van der Waals surface area contributed by atoms with E-state index in [9.17, 15) is 4.39 Å². The topological polar surface area (TPSA) is 67.4 Å². The van der Waals surface area contributed by atoms with Crippen molar-refractivity contribution in [3.8, 4) is 5.75 Å². The number of methoxy groups -OCH3 is 1. The molecule has 1 aliphatic carbocycles. The van der Waals surface area contributed by atoms with E-state index in [1.165, 1.54) is 18.6 Å². The fourth-order valence-electron chi connectivity index (χ4n) is 6.76. The maximum atomic E-state index is 15.3. The van der Waals surface area contributed by atoms with Crippen molar-refractivity contribution in [1.82, 2.24) is 15.3 Å². The Labute approximate surface area is 275 Å². The molecule has 1 saturated carbocycles. The molecular formula is C38H40ClFN4O2. The molecule has 0 spiro atoms. The van der Waals surface area contributed by atoms with Crippen LogP contribution in [-0.4, -0.2) is 29.0 Å². The predicted molar refractivity (Wildman–Crippen MR) is 182 cm³/mol. The molecule has 3 aromatic carbocycles. The highest BCUT2D eigenvalue weighted by Crippen LogP contribution is 2.55. The van der Waals surface area contributed by atoms with Gasteiger partial charge in [-0.1, -0.05) is 81.1 Å². The van der Waals surface area contributed by atoms with Crippen molar-refractivity contribution in [3.05, 3.63) is 117 Å². The fraction of sp³-hybridized carbons (Fsp3) is 0.342. The maximum Gasteiger partial charge on any atom is 0.255 e. The number of ether oxygens (including phenoxy) is 1. The summed E-state index contributed by atoms with van der Waals surface area (Å²) < 4.78 is 20.0. The van der Waals surface area contributed by atoms with Crippen molar-refractivity contribution in [2.24, 2.45) is 0 Å². The van der Waals surface area contributed by atoms with Crippen LogP contribution in [0.15, 0.2) is 72.8 Å². The summed E-state index contributed by atoms with van der Waals surface area (Å²) >= 11 is 6.29. The first-order valence-electron chi connectivity index (χ1n) is 16.0. The second kappa shape index (κ2) is 13.2. The molecule has 2 aliphatic rings. The summed E-state index contributed by atoms with van der Waals surface area (Å²) in [5.41, 5.74) is 3.44. The summed E-state index contributed by atoms with van der Waals surface area (Å²) in [6.45, 7) is 6.47. The zero-order valence-electron chi connectivity index (χ0n) is 26.8. The summed E-state index contributed by atoms with van der Waals surface area (Å²) in [5, 5.41) is 4.09. The quantitative estimate of drug-likeness (QED) is 0.209. The number of aryl methyl sites for hydroxylation is 1. The zero-order valence-corrected chi connectivity index (χ0v) is 27.6. The Morgan fingerprint density at radius 1 is 1.02 bits per heavy atom. The number of carbonyl (C=O) groups is 1. The van der Waals surface area contributed by atoms with Crippen molar-refractivity contribution in [2.45, 2.75) is 76.9 Å². The molecule has 6 rings (SSSR count). The van der Waals surface area contributed by atoms with Gasteiger partial charge in [0.1, 0.15) is 23.2 Å². The molecule has 1 N–H and O–H groups in total. The lowest BCUT2D eigenvalue weighted by molar-refractivity contribution is -0.125. The minimum atomic E-state index is -1.39. The molecule has 8 heteroatoms. The molecule has 1 aromatic heterocycles. The Bertz CT molecular complexity index is 1730. The Kier molecular flexibility index (Phi) is 9.14. The first kappa shape index (κ1) is 31.7. The lowest BCUT2D eigenvalue weighted by Gasteiger charge is -2.41. The molecule has 46 heavy (non-hydrogen) atoms. The van der Waals surface area contributed by atoms with Gasteiger partial charge in [-0.15, -0.1) is 0 Å². The van der Waals surface area contributed by atoms with Crippen LogP contribution in [0.3, 0.4) is 0 Å². The molecule has 1 amide bonds. The molecule has 1 atom stereocenters. The van der Waals surface area contributed by atoms with E-state index in [0.29, 0.717) is 28.8 Å². The Morgan fingerprint density at radius 3 is 2.33 bits per heavy atom. The normalized spacial score (nSPS) is 19.0. The number of nitrogens with one attached hydrogen (secondary N) is 1. The number of benzene rings is 3. The number of nitrogens with zero attached hydrogens (tertiary/aromatic N) is 3. The van der Waals surface area contributed by atoms with Crippen molar-refractivity contribution in [1.29, 1.82) is 0 Å². The Balaban J connectivity index is 1.67. The second-order valence-corrected chi connectivity index (χ2v) is 13.0. The number of hydrogen-bond acceptors (Lipinski definition) is 5. The van der Waals surface area contributed by atoms with Crippen LogP contribution in [0.5, 0.6) is 5.75 Å². The van der Waals surface area contributed by atoms with Crippen molar-refractivity contribution < 1.29 is 13.9 Å². The van der Waals surface area contributed by atoms with Crippen LogP contribution < -0.4 is 15.0 Å². The smallest absolute Gasteiger partial charge is 0.255 e. The van der Waals surface area contributed by atoms with Gasteiger partial charge in [0.2, 0.25) is 0 Å². The Hall–Kier alpha value is -4.23. The van der Waals surface area contributed by atoms with E-state index in [2.05, 4.69) is 30.1 Å². The molecule has 0 radical (unpaired) electrons. The highest BCUT2D eigenvalue weighted by atomic mass is 35.5. The third kappa shape index (κ3) is 6.01. The third-order valence-electron chi connectivity index (χ3n) is 9.14. The molecule has 6 nitrogen and oxygen atoms in total. The molecule has 1 aliphatic heterocycles. The number of carbonyl (C=O) groups excluding carboxylic acids is 1. The maximum absolute atomic E-state index is 15.3. The molecule has 0 saturated heterocycles. The van der Waals surface area contributed by atoms with E-state index < -0.39 is 5.54 Å². The van der Waals surface area contributed by atoms with E-state index >= 15 is 4.79 Å². The van der Waals surface area contributed by atoms with Crippen LogP contribution >= 0.6 is 11.6 Å². The summed E-state index contributed by atoms with van der Waals surface area (Å²) in [4.78, 5) is 27.5. The average Bonchev–Trinajstić information content (AvgIpc) is 3.33. The SMILES string of the molecule is COc1ccc(/C=C2\c3c(C)nc(C(C)C)nc3N(Cc3ccc(Cl)cc3)C2(C(=O)NC2CCCCC2)c2ccc(F)cc2)cc1. The zero-order chi connectivity index (χ0) is 32.4. The predicted octanol–water partition coefficient (Wildman–Crippen LogP) is 8.61. The summed E-state index contributed by atoms with van der Waals surface area (Å²) in [5.74, 6) is 1.64. The minimum Gasteiger partial charge on any atom is -0.497 e. The van der Waals surface area contributed by atoms with Crippen molar-refractivity contribution in [3.63, 3.8) is 0 Å². The molecule has 1 fully saturated rings.